The van der Waals surface area contributed by atoms with Gasteiger partial charge in [-0.05, 0) is 30.5 Å². The largest absolute Gasteiger partial charge is 0.483 e. The second kappa shape index (κ2) is 9.24. The predicted octanol–water partition coefficient (Wildman–Crippen LogP) is 2.33. The molecule has 0 saturated carbocycles. The summed E-state index contributed by atoms with van der Waals surface area (Å²) in [6.07, 6.45) is 0.348. The number of carboxylic acid groups (broad SMARTS) is 1. The molecule has 3 aromatic rings. The Kier molecular flexibility index (Phi) is 6.50. The maximum absolute atomic E-state index is 12.7. The molecule has 9 heteroatoms. The molecule has 2 N–H and O–H groups in total. The van der Waals surface area contributed by atoms with E-state index in [-0.39, 0.29) is 18.3 Å². The second-order valence-corrected chi connectivity index (χ2v) is 7.25. The first-order chi connectivity index (χ1) is 14.0. The van der Waals surface area contributed by atoms with Gasteiger partial charge >= 0.3 is 0 Å². The minimum Gasteiger partial charge on any atom is -0.483 e. The van der Waals surface area contributed by atoms with E-state index < -0.39 is 0 Å². The Morgan fingerprint density at radius 2 is 1.93 bits per heavy atom. The number of nitrogens with zero attached hydrogens (tertiary/aromatic N) is 3. The average molecular weight is 412 g/mol. The van der Waals surface area contributed by atoms with Crippen LogP contribution in [0.2, 0.25) is 0 Å². The molecule has 2 aromatic heterocycles. The maximum Gasteiger partial charge on any atom is 0.290 e. The van der Waals surface area contributed by atoms with Crippen LogP contribution in [-0.2, 0) is 9.59 Å². The fourth-order valence-electron chi connectivity index (χ4n) is 3.10. The van der Waals surface area contributed by atoms with Gasteiger partial charge in [0.1, 0.15) is 5.82 Å². The molecular weight excluding hydrogens is 392 g/mol. The van der Waals surface area contributed by atoms with E-state index in [1.807, 2.05) is 42.6 Å². The van der Waals surface area contributed by atoms with Gasteiger partial charge in [-0.1, -0.05) is 12.1 Å². The van der Waals surface area contributed by atoms with E-state index in [4.69, 9.17) is 9.90 Å². The molecule has 0 spiro atoms. The van der Waals surface area contributed by atoms with Gasteiger partial charge in [-0.15, -0.1) is 11.3 Å². The summed E-state index contributed by atoms with van der Waals surface area (Å²) in [4.78, 5) is 43.3. The molecule has 150 valence electrons. The SMILES string of the molecule is Cc1nc(-c2ccc(C(=O)N3CCNC(=O)CC3)cc2)c2sccc2n1.O=CO. The second-order valence-electron chi connectivity index (χ2n) is 6.33. The first-order valence-corrected chi connectivity index (χ1v) is 9.87. The van der Waals surface area contributed by atoms with Crippen LogP contribution in [0.25, 0.3) is 21.5 Å². The number of thiophene rings is 1. The third-order valence-electron chi connectivity index (χ3n) is 4.42. The molecular formula is C20H20N4O4S. The van der Waals surface area contributed by atoms with Crippen LogP contribution in [-0.4, -0.2) is 57.9 Å². The Balaban J connectivity index is 0.000000755. The zero-order valence-corrected chi connectivity index (χ0v) is 16.6. The first-order valence-electron chi connectivity index (χ1n) is 8.99. The number of benzene rings is 1. The number of aromatic nitrogens is 2. The lowest BCUT2D eigenvalue weighted by atomic mass is 10.1. The van der Waals surface area contributed by atoms with E-state index in [9.17, 15) is 9.59 Å². The van der Waals surface area contributed by atoms with Crippen molar-refractivity contribution in [3.8, 4) is 11.3 Å². The fraction of sp³-hybridized carbons (Fsp3) is 0.250. The Morgan fingerprint density at radius 3 is 2.66 bits per heavy atom. The summed E-state index contributed by atoms with van der Waals surface area (Å²) in [6, 6.07) is 9.50. The van der Waals surface area contributed by atoms with Crippen molar-refractivity contribution in [2.45, 2.75) is 13.3 Å². The minimum atomic E-state index is -0.250. The lowest BCUT2D eigenvalue weighted by molar-refractivity contribution is -0.123. The highest BCUT2D eigenvalue weighted by Crippen LogP contribution is 2.30. The van der Waals surface area contributed by atoms with E-state index in [1.54, 1.807) is 16.2 Å². The molecule has 4 rings (SSSR count). The molecule has 29 heavy (non-hydrogen) atoms. The lowest BCUT2D eigenvalue weighted by Gasteiger charge is -2.19. The molecule has 0 aliphatic carbocycles. The zero-order valence-electron chi connectivity index (χ0n) is 15.8. The van der Waals surface area contributed by atoms with Crippen molar-refractivity contribution in [3.63, 3.8) is 0 Å². The lowest BCUT2D eigenvalue weighted by Crippen LogP contribution is -2.34. The Hall–Kier alpha value is -3.33. The smallest absolute Gasteiger partial charge is 0.290 e. The van der Waals surface area contributed by atoms with E-state index in [1.165, 1.54) is 0 Å². The van der Waals surface area contributed by atoms with Crippen molar-refractivity contribution >= 4 is 39.8 Å². The summed E-state index contributed by atoms with van der Waals surface area (Å²) >= 11 is 1.61. The van der Waals surface area contributed by atoms with Crippen LogP contribution >= 0.6 is 11.3 Å². The van der Waals surface area contributed by atoms with Gasteiger partial charge in [0.05, 0.1) is 15.9 Å². The Bertz CT molecular complexity index is 1030. The van der Waals surface area contributed by atoms with Crippen molar-refractivity contribution in [2.75, 3.05) is 19.6 Å². The summed E-state index contributed by atoms with van der Waals surface area (Å²) in [5, 5.41) is 11.7. The summed E-state index contributed by atoms with van der Waals surface area (Å²) in [6.45, 7) is 3.12. The van der Waals surface area contributed by atoms with Crippen LogP contribution in [0.4, 0.5) is 0 Å². The van der Waals surface area contributed by atoms with Crippen molar-refractivity contribution in [1.29, 1.82) is 0 Å². The third kappa shape index (κ3) is 4.75. The maximum atomic E-state index is 12.7. The number of rotatable bonds is 2. The van der Waals surface area contributed by atoms with Gasteiger partial charge in [0, 0.05) is 37.2 Å². The van der Waals surface area contributed by atoms with Crippen molar-refractivity contribution < 1.29 is 19.5 Å². The number of amides is 2. The molecule has 2 amide bonds. The topological polar surface area (TPSA) is 112 Å². The number of fused-ring (bicyclic) bond motifs is 1. The normalized spacial score (nSPS) is 13.8. The van der Waals surface area contributed by atoms with Crippen LogP contribution in [0, 0.1) is 6.92 Å². The molecule has 0 bridgehead atoms. The van der Waals surface area contributed by atoms with Gasteiger partial charge in [0.15, 0.2) is 0 Å². The number of hydrogen-bond donors (Lipinski definition) is 2. The van der Waals surface area contributed by atoms with E-state index in [2.05, 4.69) is 15.3 Å². The van der Waals surface area contributed by atoms with Crippen molar-refractivity contribution in [3.05, 3.63) is 47.1 Å². The van der Waals surface area contributed by atoms with Gasteiger partial charge in [-0.25, -0.2) is 9.97 Å². The van der Waals surface area contributed by atoms with E-state index >= 15 is 0 Å². The number of nitrogens with one attached hydrogen (secondary N) is 1. The molecule has 1 fully saturated rings. The van der Waals surface area contributed by atoms with Gasteiger partial charge < -0.3 is 15.3 Å². The Labute approximate surface area is 171 Å². The van der Waals surface area contributed by atoms with Crippen LogP contribution < -0.4 is 5.32 Å². The molecule has 1 saturated heterocycles. The highest BCUT2D eigenvalue weighted by molar-refractivity contribution is 7.17. The summed E-state index contributed by atoms with van der Waals surface area (Å²) in [7, 11) is 0. The van der Waals surface area contributed by atoms with Gasteiger partial charge in [-0.2, -0.15) is 0 Å². The van der Waals surface area contributed by atoms with Crippen molar-refractivity contribution in [2.24, 2.45) is 0 Å². The fourth-order valence-corrected chi connectivity index (χ4v) is 3.94. The van der Waals surface area contributed by atoms with Gasteiger partial charge in [-0.3, -0.25) is 14.4 Å². The van der Waals surface area contributed by atoms with E-state index in [0.29, 0.717) is 31.6 Å². The molecule has 1 aliphatic rings. The average Bonchev–Trinajstić information content (AvgIpc) is 3.07. The Morgan fingerprint density at radius 1 is 1.21 bits per heavy atom. The van der Waals surface area contributed by atoms with Gasteiger partial charge in [0.2, 0.25) is 5.91 Å². The third-order valence-corrected chi connectivity index (χ3v) is 5.33. The van der Waals surface area contributed by atoms with Gasteiger partial charge in [0.25, 0.3) is 12.4 Å². The van der Waals surface area contributed by atoms with Crippen LogP contribution in [0.1, 0.15) is 22.6 Å². The standard InChI is InChI=1S/C19H18N4O2S.CH2O2/c1-12-21-15-7-11-26-18(15)17(22-12)13-2-4-14(5-3-13)19(25)23-9-6-16(24)20-8-10-23;2-1-3/h2-5,7,11H,6,8-10H2,1H3,(H,20,24);1H,(H,2,3). The first kappa shape index (κ1) is 20.4. The number of aryl methyl sites for hydroxylation is 1. The number of carbonyl (C=O) groups excluding carboxylic acids is 2. The van der Waals surface area contributed by atoms with Crippen LogP contribution in [0.5, 0.6) is 0 Å². The number of hydrogen-bond acceptors (Lipinski definition) is 6. The minimum absolute atomic E-state index is 0.00487. The molecule has 1 aromatic carbocycles. The molecule has 1 aliphatic heterocycles. The molecule has 0 atom stereocenters. The number of carbonyl (C=O) groups is 3. The molecule has 8 nitrogen and oxygen atoms in total. The van der Waals surface area contributed by atoms with Crippen LogP contribution in [0.15, 0.2) is 35.7 Å². The summed E-state index contributed by atoms with van der Waals surface area (Å²) in [5.74, 6) is 0.677. The monoisotopic (exact) mass is 412 g/mol. The van der Waals surface area contributed by atoms with E-state index in [0.717, 1.165) is 27.3 Å². The zero-order chi connectivity index (χ0) is 20.8. The molecule has 0 unspecified atom stereocenters. The van der Waals surface area contributed by atoms with Crippen molar-refractivity contribution in [1.82, 2.24) is 20.2 Å². The predicted molar refractivity (Wildman–Crippen MR) is 110 cm³/mol. The highest BCUT2D eigenvalue weighted by Gasteiger charge is 2.20. The summed E-state index contributed by atoms with van der Waals surface area (Å²) in [5.41, 5.74) is 3.42. The van der Waals surface area contributed by atoms with Crippen LogP contribution in [0.3, 0.4) is 0 Å². The highest BCUT2D eigenvalue weighted by atomic mass is 32.1. The molecule has 3 heterocycles. The quantitative estimate of drug-likeness (QED) is 0.625. The summed E-state index contributed by atoms with van der Waals surface area (Å²) < 4.78 is 1.05. The molecule has 0 radical (unpaired) electrons.